The summed E-state index contributed by atoms with van der Waals surface area (Å²) in [5.74, 6) is 0.788. The molecule has 0 radical (unpaired) electrons. The van der Waals surface area contributed by atoms with Crippen LogP contribution in [0.3, 0.4) is 0 Å². The van der Waals surface area contributed by atoms with Gasteiger partial charge in [-0.15, -0.1) is 0 Å². The number of benzene rings is 1. The first kappa shape index (κ1) is 14.2. The van der Waals surface area contributed by atoms with E-state index < -0.39 is 5.97 Å². The molecule has 1 saturated heterocycles. The molecule has 2 aliphatic rings. The summed E-state index contributed by atoms with van der Waals surface area (Å²) in [6.07, 6.45) is 7.81. The van der Waals surface area contributed by atoms with Crippen molar-refractivity contribution in [2.24, 2.45) is 11.8 Å². The molecule has 21 heavy (non-hydrogen) atoms. The van der Waals surface area contributed by atoms with Gasteiger partial charge in [0.05, 0.1) is 11.3 Å². The Labute approximate surface area is 125 Å². The van der Waals surface area contributed by atoms with Crippen molar-refractivity contribution in [1.82, 2.24) is 0 Å². The van der Waals surface area contributed by atoms with Crippen LogP contribution in [-0.2, 0) is 0 Å². The van der Waals surface area contributed by atoms with Gasteiger partial charge in [0.2, 0.25) is 0 Å². The first-order valence-electron chi connectivity index (χ1n) is 8.03. The van der Waals surface area contributed by atoms with E-state index in [9.17, 15) is 9.90 Å². The maximum atomic E-state index is 11.5. The van der Waals surface area contributed by atoms with E-state index in [-0.39, 0.29) is 0 Å². The van der Waals surface area contributed by atoms with Gasteiger partial charge >= 0.3 is 5.97 Å². The first-order valence-corrected chi connectivity index (χ1v) is 8.03. The Balaban J connectivity index is 1.82. The Hall–Kier alpha value is -1.71. The minimum atomic E-state index is -0.890. The van der Waals surface area contributed by atoms with E-state index >= 15 is 0 Å². The topological polar surface area (TPSA) is 66.6 Å². The average Bonchev–Trinajstić information content (AvgIpc) is 2.70. The molecular weight excluding hydrogens is 264 g/mol. The third-order valence-corrected chi connectivity index (χ3v) is 5.20. The molecule has 1 aromatic rings. The predicted octanol–water partition coefficient (Wildman–Crippen LogP) is 3.37. The summed E-state index contributed by atoms with van der Waals surface area (Å²) < 4.78 is 0. The lowest BCUT2D eigenvalue weighted by atomic mass is 9.77. The molecule has 1 aliphatic carbocycles. The highest BCUT2D eigenvalue weighted by atomic mass is 16.4. The number of hydrogen-bond acceptors (Lipinski definition) is 3. The van der Waals surface area contributed by atoms with Crippen molar-refractivity contribution in [2.45, 2.75) is 38.5 Å². The Morgan fingerprint density at radius 1 is 1.10 bits per heavy atom. The summed E-state index contributed by atoms with van der Waals surface area (Å²) in [4.78, 5) is 13.7. The highest BCUT2D eigenvalue weighted by molar-refractivity contribution is 5.95. The van der Waals surface area contributed by atoms with Crippen LogP contribution in [0.5, 0.6) is 0 Å². The number of nitrogens with two attached hydrogens (primary N) is 1. The van der Waals surface area contributed by atoms with Crippen molar-refractivity contribution in [3.63, 3.8) is 0 Å². The van der Waals surface area contributed by atoms with Gasteiger partial charge < -0.3 is 15.7 Å². The predicted molar refractivity (Wildman–Crippen MR) is 84.7 cm³/mol. The number of carboxylic acids is 1. The van der Waals surface area contributed by atoms with Gasteiger partial charge in [0.25, 0.3) is 0 Å². The van der Waals surface area contributed by atoms with E-state index in [4.69, 9.17) is 5.73 Å². The van der Waals surface area contributed by atoms with Gasteiger partial charge in [0.1, 0.15) is 0 Å². The van der Waals surface area contributed by atoms with Crippen molar-refractivity contribution < 1.29 is 9.90 Å². The molecule has 1 aliphatic heterocycles. The van der Waals surface area contributed by atoms with Gasteiger partial charge in [0.15, 0.2) is 0 Å². The summed E-state index contributed by atoms with van der Waals surface area (Å²) in [5.41, 5.74) is 7.42. The molecule has 114 valence electrons. The molecule has 4 heteroatoms. The number of rotatable bonds is 2. The van der Waals surface area contributed by atoms with Crippen LogP contribution in [0.15, 0.2) is 18.2 Å². The smallest absolute Gasteiger partial charge is 0.337 e. The zero-order chi connectivity index (χ0) is 14.8. The highest BCUT2D eigenvalue weighted by Crippen LogP contribution is 2.38. The van der Waals surface area contributed by atoms with Crippen LogP contribution >= 0.6 is 0 Å². The molecule has 0 bridgehead atoms. The molecule has 3 N–H and O–H groups in total. The van der Waals surface area contributed by atoms with Crippen LogP contribution in [0.25, 0.3) is 0 Å². The van der Waals surface area contributed by atoms with Crippen molar-refractivity contribution in [3.05, 3.63) is 23.8 Å². The van der Waals surface area contributed by atoms with Gasteiger partial charge in [-0.25, -0.2) is 4.79 Å². The number of hydrogen-bond donors (Lipinski definition) is 2. The molecule has 1 heterocycles. The number of carbonyl (C=O) groups is 1. The third-order valence-electron chi connectivity index (χ3n) is 5.20. The van der Waals surface area contributed by atoms with Gasteiger partial charge in [-0.3, -0.25) is 0 Å². The molecule has 1 aromatic carbocycles. The minimum Gasteiger partial charge on any atom is -0.478 e. The zero-order valence-corrected chi connectivity index (χ0v) is 12.4. The Morgan fingerprint density at radius 3 is 2.29 bits per heavy atom. The second-order valence-electron chi connectivity index (χ2n) is 6.45. The highest BCUT2D eigenvalue weighted by Gasteiger charge is 2.29. The monoisotopic (exact) mass is 288 g/mol. The molecule has 0 aromatic heterocycles. The van der Waals surface area contributed by atoms with Gasteiger partial charge in [-0.2, -0.15) is 0 Å². The van der Waals surface area contributed by atoms with E-state index in [0.29, 0.717) is 11.3 Å². The summed E-state index contributed by atoms with van der Waals surface area (Å²) in [7, 11) is 0. The van der Waals surface area contributed by atoms with Crippen LogP contribution in [0.1, 0.15) is 48.9 Å². The molecular formula is C17H24N2O2. The second-order valence-corrected chi connectivity index (χ2v) is 6.45. The lowest BCUT2D eigenvalue weighted by Crippen LogP contribution is -2.26. The second kappa shape index (κ2) is 5.96. The molecule has 0 spiro atoms. The fourth-order valence-electron chi connectivity index (χ4n) is 4.04. The van der Waals surface area contributed by atoms with Crippen molar-refractivity contribution in [1.29, 1.82) is 0 Å². The van der Waals surface area contributed by atoms with Gasteiger partial charge in [0, 0.05) is 18.8 Å². The number of aromatic carboxylic acids is 1. The quantitative estimate of drug-likeness (QED) is 0.819. The van der Waals surface area contributed by atoms with Crippen LogP contribution in [-0.4, -0.2) is 24.2 Å². The van der Waals surface area contributed by atoms with Crippen molar-refractivity contribution in [2.75, 3.05) is 23.7 Å². The fourth-order valence-corrected chi connectivity index (χ4v) is 4.04. The number of nitrogen functional groups attached to an aromatic ring is 1. The average molecular weight is 288 g/mol. The Bertz CT molecular complexity index is 514. The number of fused-ring (bicyclic) bond motifs is 1. The van der Waals surface area contributed by atoms with E-state index in [0.717, 1.165) is 30.6 Å². The van der Waals surface area contributed by atoms with E-state index in [1.807, 2.05) is 6.07 Å². The molecule has 1 saturated carbocycles. The summed E-state index contributed by atoms with van der Waals surface area (Å²) >= 11 is 0. The number of carboxylic acid groups (broad SMARTS) is 1. The summed E-state index contributed by atoms with van der Waals surface area (Å²) in [6.45, 7) is 1.93. The van der Waals surface area contributed by atoms with E-state index in [2.05, 4.69) is 4.90 Å². The fraction of sp³-hybridized carbons (Fsp3) is 0.588. The normalized spacial score (nSPS) is 26.0. The van der Waals surface area contributed by atoms with Gasteiger partial charge in [-0.05, 0) is 42.9 Å². The largest absolute Gasteiger partial charge is 0.478 e. The summed E-state index contributed by atoms with van der Waals surface area (Å²) in [5, 5.41) is 9.42. The van der Waals surface area contributed by atoms with Crippen LogP contribution in [0.2, 0.25) is 0 Å². The Kier molecular flexibility index (Phi) is 4.04. The van der Waals surface area contributed by atoms with Crippen molar-refractivity contribution in [3.8, 4) is 0 Å². The molecule has 4 nitrogen and oxygen atoms in total. The zero-order valence-electron chi connectivity index (χ0n) is 12.4. The first-order chi connectivity index (χ1) is 10.1. The maximum Gasteiger partial charge on any atom is 0.337 e. The molecule has 2 atom stereocenters. The lowest BCUT2D eigenvalue weighted by Gasteiger charge is -2.29. The molecule has 2 unspecified atom stereocenters. The third kappa shape index (κ3) is 2.99. The minimum absolute atomic E-state index is 0.333. The lowest BCUT2D eigenvalue weighted by molar-refractivity contribution is 0.0697. The summed E-state index contributed by atoms with van der Waals surface area (Å²) in [6, 6.07) is 5.25. The van der Waals surface area contributed by atoms with Crippen LogP contribution in [0.4, 0.5) is 11.4 Å². The van der Waals surface area contributed by atoms with E-state index in [1.54, 1.807) is 12.1 Å². The Morgan fingerprint density at radius 2 is 1.71 bits per heavy atom. The van der Waals surface area contributed by atoms with Gasteiger partial charge in [-0.1, -0.05) is 25.7 Å². The van der Waals surface area contributed by atoms with Crippen LogP contribution in [0, 0.1) is 11.8 Å². The SMILES string of the molecule is Nc1ccc(N2CCC3CCCCC3CC2)c(C(=O)O)c1. The number of anilines is 2. The molecule has 3 rings (SSSR count). The molecule has 0 amide bonds. The van der Waals surface area contributed by atoms with E-state index in [1.165, 1.54) is 38.5 Å². The number of nitrogens with zero attached hydrogens (tertiary/aromatic N) is 1. The van der Waals surface area contributed by atoms with Crippen LogP contribution < -0.4 is 10.6 Å². The molecule has 2 fully saturated rings. The van der Waals surface area contributed by atoms with Crippen molar-refractivity contribution >= 4 is 17.3 Å². The maximum absolute atomic E-state index is 11.5. The standard InChI is InChI=1S/C17H24N2O2/c18-14-5-6-16(15(11-14)17(20)21)19-9-7-12-3-1-2-4-13(12)8-10-19/h5-6,11-13H,1-4,7-10,18H2,(H,20,21).